The molecule has 1 heterocycles. The largest absolute Gasteiger partial charge is 0.444 e. The van der Waals surface area contributed by atoms with Crippen LogP contribution in [0.4, 0.5) is 4.79 Å². The molecule has 0 radical (unpaired) electrons. The molecule has 1 saturated heterocycles. The highest BCUT2D eigenvalue weighted by Crippen LogP contribution is 2.26. The molecule has 0 aromatic carbocycles. The fourth-order valence-electron chi connectivity index (χ4n) is 3.10. The van der Waals surface area contributed by atoms with Gasteiger partial charge in [-0.05, 0) is 46.5 Å². The van der Waals surface area contributed by atoms with Gasteiger partial charge in [-0.15, -0.1) is 0 Å². The normalized spacial score (nSPS) is 26.4. The van der Waals surface area contributed by atoms with Crippen LogP contribution in [0.2, 0.25) is 0 Å². The maximum atomic E-state index is 12.5. The number of carbonyl (C=O) groups is 2. The van der Waals surface area contributed by atoms with Gasteiger partial charge in [-0.25, -0.2) is 4.79 Å². The van der Waals surface area contributed by atoms with Crippen LogP contribution in [0.25, 0.3) is 0 Å². The topological polar surface area (TPSA) is 70.7 Å². The highest BCUT2D eigenvalue weighted by atomic mass is 16.6. The van der Waals surface area contributed by atoms with Gasteiger partial charge in [-0.2, -0.15) is 0 Å². The Bertz CT molecular complexity index is 392. The molecule has 2 amide bonds. The summed E-state index contributed by atoms with van der Waals surface area (Å²) in [5, 5.41) is 6.18. The molecular formula is C16H29N3O3. The fraction of sp³-hybridized carbons (Fsp3) is 0.875. The highest BCUT2D eigenvalue weighted by Gasteiger charge is 2.31. The molecule has 6 nitrogen and oxygen atoms in total. The number of nitrogens with zero attached hydrogens (tertiary/aromatic N) is 1. The van der Waals surface area contributed by atoms with Crippen molar-refractivity contribution >= 4 is 12.0 Å². The molecule has 2 aliphatic rings. The molecule has 0 bridgehead atoms. The van der Waals surface area contributed by atoms with E-state index in [4.69, 9.17) is 4.74 Å². The SMILES string of the molecule is CC(C)(C)OC(=O)NC1CCC(C(=O)N2CCNCC2)CC1. The number of rotatable bonds is 2. The van der Waals surface area contributed by atoms with Gasteiger partial charge in [0.25, 0.3) is 0 Å². The Labute approximate surface area is 132 Å². The van der Waals surface area contributed by atoms with Crippen molar-refractivity contribution in [2.45, 2.75) is 58.1 Å². The van der Waals surface area contributed by atoms with E-state index in [2.05, 4.69) is 10.6 Å². The van der Waals surface area contributed by atoms with E-state index in [0.29, 0.717) is 0 Å². The minimum Gasteiger partial charge on any atom is -0.444 e. The highest BCUT2D eigenvalue weighted by molar-refractivity contribution is 5.79. The van der Waals surface area contributed by atoms with Crippen LogP contribution in [-0.4, -0.2) is 54.7 Å². The second-order valence-corrected chi connectivity index (χ2v) is 7.27. The van der Waals surface area contributed by atoms with Gasteiger partial charge in [-0.1, -0.05) is 0 Å². The van der Waals surface area contributed by atoms with E-state index in [0.717, 1.165) is 51.9 Å². The van der Waals surface area contributed by atoms with E-state index in [1.807, 2.05) is 25.7 Å². The van der Waals surface area contributed by atoms with Crippen LogP contribution in [0.15, 0.2) is 0 Å². The number of hydrogen-bond donors (Lipinski definition) is 2. The Kier molecular flexibility index (Phi) is 5.67. The lowest BCUT2D eigenvalue weighted by atomic mass is 9.85. The van der Waals surface area contributed by atoms with Crippen LogP contribution in [0.3, 0.4) is 0 Å². The number of piperazine rings is 1. The Morgan fingerprint density at radius 2 is 1.68 bits per heavy atom. The maximum Gasteiger partial charge on any atom is 0.407 e. The fourth-order valence-corrected chi connectivity index (χ4v) is 3.10. The minimum absolute atomic E-state index is 0.120. The maximum absolute atomic E-state index is 12.5. The molecule has 0 aromatic heterocycles. The average Bonchev–Trinajstić information content (AvgIpc) is 2.46. The summed E-state index contributed by atoms with van der Waals surface area (Å²) < 4.78 is 5.28. The minimum atomic E-state index is -0.473. The number of alkyl carbamates (subject to hydrolysis) is 1. The molecule has 2 fully saturated rings. The molecular weight excluding hydrogens is 282 g/mol. The summed E-state index contributed by atoms with van der Waals surface area (Å²) in [7, 11) is 0. The molecule has 0 spiro atoms. The first-order chi connectivity index (χ1) is 10.3. The van der Waals surface area contributed by atoms with E-state index in [-0.39, 0.29) is 24.0 Å². The third-order valence-electron chi connectivity index (χ3n) is 4.23. The first-order valence-electron chi connectivity index (χ1n) is 8.34. The lowest BCUT2D eigenvalue weighted by Gasteiger charge is -2.34. The van der Waals surface area contributed by atoms with Gasteiger partial charge in [0.1, 0.15) is 5.60 Å². The van der Waals surface area contributed by atoms with Crippen LogP contribution >= 0.6 is 0 Å². The second kappa shape index (κ2) is 7.31. The summed E-state index contributed by atoms with van der Waals surface area (Å²) in [5.74, 6) is 0.409. The first-order valence-corrected chi connectivity index (χ1v) is 8.34. The molecule has 2 N–H and O–H groups in total. The van der Waals surface area contributed by atoms with Gasteiger partial charge >= 0.3 is 6.09 Å². The van der Waals surface area contributed by atoms with Crippen molar-refractivity contribution < 1.29 is 14.3 Å². The number of nitrogens with one attached hydrogen (secondary N) is 2. The average molecular weight is 311 g/mol. The Balaban J connectivity index is 1.73. The summed E-state index contributed by atoms with van der Waals surface area (Å²) in [6.45, 7) is 8.98. The van der Waals surface area contributed by atoms with Crippen molar-refractivity contribution in [1.29, 1.82) is 0 Å². The molecule has 2 rings (SSSR count). The molecule has 1 aliphatic carbocycles. The zero-order valence-electron chi connectivity index (χ0n) is 14.0. The van der Waals surface area contributed by atoms with Gasteiger partial charge in [0.05, 0.1) is 0 Å². The van der Waals surface area contributed by atoms with Gasteiger partial charge < -0.3 is 20.3 Å². The van der Waals surface area contributed by atoms with Crippen LogP contribution in [0, 0.1) is 5.92 Å². The van der Waals surface area contributed by atoms with Gasteiger partial charge in [0.2, 0.25) is 5.91 Å². The lowest BCUT2D eigenvalue weighted by molar-refractivity contribution is -0.137. The quantitative estimate of drug-likeness (QED) is 0.811. The number of hydrogen-bond acceptors (Lipinski definition) is 4. The van der Waals surface area contributed by atoms with Crippen molar-refractivity contribution in [2.24, 2.45) is 5.92 Å². The molecule has 126 valence electrons. The van der Waals surface area contributed by atoms with Crippen LogP contribution < -0.4 is 10.6 Å². The molecule has 0 aromatic rings. The van der Waals surface area contributed by atoms with E-state index in [9.17, 15) is 9.59 Å². The van der Waals surface area contributed by atoms with E-state index >= 15 is 0 Å². The Morgan fingerprint density at radius 1 is 1.09 bits per heavy atom. The Hall–Kier alpha value is -1.30. The van der Waals surface area contributed by atoms with Crippen molar-refractivity contribution in [3.8, 4) is 0 Å². The van der Waals surface area contributed by atoms with Crippen molar-refractivity contribution in [3.63, 3.8) is 0 Å². The van der Waals surface area contributed by atoms with Crippen molar-refractivity contribution in [1.82, 2.24) is 15.5 Å². The zero-order valence-corrected chi connectivity index (χ0v) is 14.0. The standard InChI is InChI=1S/C16H29N3O3/c1-16(2,3)22-15(21)18-13-6-4-12(5-7-13)14(20)19-10-8-17-9-11-19/h12-13,17H,4-11H2,1-3H3,(H,18,21). The molecule has 0 unspecified atom stereocenters. The smallest absolute Gasteiger partial charge is 0.407 e. The number of carbonyl (C=O) groups excluding carboxylic acids is 2. The summed E-state index contributed by atoms with van der Waals surface area (Å²) in [6.07, 6.45) is 3.04. The summed E-state index contributed by atoms with van der Waals surface area (Å²) in [6, 6.07) is 0.127. The van der Waals surface area contributed by atoms with Crippen LogP contribution in [0.5, 0.6) is 0 Å². The molecule has 6 heteroatoms. The van der Waals surface area contributed by atoms with Gasteiger partial charge in [0, 0.05) is 38.1 Å². The number of ether oxygens (including phenoxy) is 1. The number of amides is 2. The van der Waals surface area contributed by atoms with E-state index in [1.54, 1.807) is 0 Å². The lowest BCUT2D eigenvalue weighted by Crippen LogP contribution is -2.49. The van der Waals surface area contributed by atoms with Gasteiger partial charge in [-0.3, -0.25) is 4.79 Å². The third-order valence-corrected chi connectivity index (χ3v) is 4.23. The first kappa shape index (κ1) is 17.1. The Morgan fingerprint density at radius 3 is 2.23 bits per heavy atom. The summed E-state index contributed by atoms with van der Waals surface area (Å²) in [4.78, 5) is 26.2. The predicted molar refractivity (Wildman–Crippen MR) is 84.6 cm³/mol. The second-order valence-electron chi connectivity index (χ2n) is 7.27. The van der Waals surface area contributed by atoms with E-state index < -0.39 is 5.60 Å². The molecule has 1 aliphatic heterocycles. The van der Waals surface area contributed by atoms with Crippen LogP contribution in [0.1, 0.15) is 46.5 Å². The predicted octanol–water partition coefficient (Wildman–Crippen LogP) is 1.50. The molecule has 0 atom stereocenters. The van der Waals surface area contributed by atoms with Crippen molar-refractivity contribution in [2.75, 3.05) is 26.2 Å². The van der Waals surface area contributed by atoms with E-state index in [1.165, 1.54) is 0 Å². The summed E-state index contributed by atoms with van der Waals surface area (Å²) in [5.41, 5.74) is -0.473. The van der Waals surface area contributed by atoms with Gasteiger partial charge in [0.15, 0.2) is 0 Å². The molecule has 1 saturated carbocycles. The zero-order chi connectivity index (χ0) is 16.2. The van der Waals surface area contributed by atoms with Crippen LogP contribution in [-0.2, 0) is 9.53 Å². The van der Waals surface area contributed by atoms with Crippen molar-refractivity contribution in [3.05, 3.63) is 0 Å². The monoisotopic (exact) mass is 311 g/mol. The summed E-state index contributed by atoms with van der Waals surface area (Å²) >= 11 is 0. The molecule has 22 heavy (non-hydrogen) atoms. The third kappa shape index (κ3) is 5.16.